The molecular formula is C29H33NO8S. The molecule has 1 aliphatic rings. The fourth-order valence-corrected chi connectivity index (χ4v) is 5.19. The van der Waals surface area contributed by atoms with Crippen LogP contribution in [0, 0.1) is 0 Å². The van der Waals surface area contributed by atoms with Gasteiger partial charge in [-0.25, -0.2) is 4.79 Å². The molecule has 10 heteroatoms. The molecule has 208 valence electrons. The van der Waals surface area contributed by atoms with Gasteiger partial charge in [0.1, 0.15) is 6.61 Å². The molecule has 4 rings (SSSR count). The lowest BCUT2D eigenvalue weighted by atomic mass is 9.98. The topological polar surface area (TPSA) is 109 Å². The summed E-state index contributed by atoms with van der Waals surface area (Å²) >= 11 is 0. The monoisotopic (exact) mass is 555 g/mol. The summed E-state index contributed by atoms with van der Waals surface area (Å²) in [5, 5.41) is 2.70. The molecule has 1 N–H and O–H groups in total. The summed E-state index contributed by atoms with van der Waals surface area (Å²) in [4.78, 5) is 12.3. The predicted octanol–water partition coefficient (Wildman–Crippen LogP) is 3.98. The molecule has 0 aromatic heterocycles. The molecule has 0 saturated heterocycles. The highest BCUT2D eigenvalue weighted by Gasteiger charge is 2.28. The first-order chi connectivity index (χ1) is 19.1. The van der Waals surface area contributed by atoms with Crippen LogP contribution in [0.25, 0.3) is 11.1 Å². The van der Waals surface area contributed by atoms with Gasteiger partial charge in [0.05, 0.1) is 51.1 Å². The van der Waals surface area contributed by atoms with Crippen LogP contribution in [0.4, 0.5) is 4.79 Å². The molecule has 0 atom stereocenters. The third-order valence-electron chi connectivity index (χ3n) is 6.10. The molecule has 0 heterocycles. The lowest BCUT2D eigenvalue weighted by molar-refractivity contribution is 0.0101. The van der Waals surface area contributed by atoms with Crippen LogP contribution in [-0.4, -0.2) is 73.9 Å². The number of fused-ring (bicyclic) bond motifs is 3. The molecule has 0 fully saturated rings. The van der Waals surface area contributed by atoms with Crippen molar-refractivity contribution in [3.8, 4) is 11.1 Å². The molecule has 0 bridgehead atoms. The Morgan fingerprint density at radius 2 is 1.18 bits per heavy atom. The van der Waals surface area contributed by atoms with Gasteiger partial charge in [-0.1, -0.05) is 66.7 Å². The quantitative estimate of drug-likeness (QED) is 0.209. The predicted molar refractivity (Wildman–Crippen MR) is 145 cm³/mol. The maximum atomic E-state index is 12.2. The zero-order chi connectivity index (χ0) is 27.3. The fourth-order valence-electron chi connectivity index (χ4n) is 4.27. The van der Waals surface area contributed by atoms with Gasteiger partial charge in [0.2, 0.25) is 0 Å². The van der Waals surface area contributed by atoms with Gasteiger partial charge in [-0.2, -0.15) is 8.42 Å². The number of benzene rings is 3. The smallest absolute Gasteiger partial charge is 0.407 e. The van der Waals surface area contributed by atoms with E-state index < -0.39 is 16.2 Å². The maximum absolute atomic E-state index is 12.2. The van der Waals surface area contributed by atoms with Gasteiger partial charge >= 0.3 is 6.09 Å². The van der Waals surface area contributed by atoms with Crippen LogP contribution in [0.15, 0.2) is 83.8 Å². The summed E-state index contributed by atoms with van der Waals surface area (Å²) in [6.45, 7) is 2.36. The first-order valence-corrected chi connectivity index (χ1v) is 14.2. The van der Waals surface area contributed by atoms with Crippen LogP contribution in [-0.2, 0) is 33.2 Å². The molecule has 3 aromatic carbocycles. The van der Waals surface area contributed by atoms with Crippen molar-refractivity contribution < 1.29 is 36.3 Å². The van der Waals surface area contributed by atoms with Gasteiger partial charge in [0, 0.05) is 12.5 Å². The van der Waals surface area contributed by atoms with E-state index in [0.717, 1.165) is 0 Å². The SMILES string of the molecule is O=C(NCCOCCOCCOCCOS(=O)(=O)c1ccccc1)OCC1c2ccccc2-c2ccccc21. The highest BCUT2D eigenvalue weighted by molar-refractivity contribution is 7.86. The Hall–Kier alpha value is -3.28. The minimum Gasteiger partial charge on any atom is -0.449 e. The number of alkyl carbamates (subject to hydrolysis) is 1. The van der Waals surface area contributed by atoms with Crippen molar-refractivity contribution in [1.82, 2.24) is 5.32 Å². The van der Waals surface area contributed by atoms with Crippen molar-refractivity contribution in [1.29, 1.82) is 0 Å². The minimum absolute atomic E-state index is 0.0235. The van der Waals surface area contributed by atoms with E-state index in [1.54, 1.807) is 18.2 Å². The van der Waals surface area contributed by atoms with E-state index in [4.69, 9.17) is 23.1 Å². The van der Waals surface area contributed by atoms with E-state index in [2.05, 4.69) is 29.6 Å². The van der Waals surface area contributed by atoms with E-state index >= 15 is 0 Å². The number of hydrogen-bond donors (Lipinski definition) is 1. The van der Waals surface area contributed by atoms with E-state index in [9.17, 15) is 13.2 Å². The number of carbonyl (C=O) groups is 1. The van der Waals surface area contributed by atoms with Crippen molar-refractivity contribution in [2.45, 2.75) is 10.8 Å². The van der Waals surface area contributed by atoms with Gasteiger partial charge in [-0.05, 0) is 34.4 Å². The molecule has 0 aliphatic heterocycles. The van der Waals surface area contributed by atoms with E-state index in [-0.39, 0.29) is 30.6 Å². The largest absolute Gasteiger partial charge is 0.449 e. The number of carbonyl (C=O) groups excluding carboxylic acids is 1. The molecule has 1 amide bonds. The second-order valence-electron chi connectivity index (χ2n) is 8.68. The first kappa shape index (κ1) is 28.7. The molecule has 39 heavy (non-hydrogen) atoms. The maximum Gasteiger partial charge on any atom is 0.407 e. The highest BCUT2D eigenvalue weighted by atomic mass is 32.2. The van der Waals surface area contributed by atoms with Gasteiger partial charge in [0.25, 0.3) is 10.1 Å². The Kier molecular flexibility index (Phi) is 10.9. The first-order valence-electron chi connectivity index (χ1n) is 12.8. The summed E-state index contributed by atoms with van der Waals surface area (Å²) in [7, 11) is -3.77. The lowest BCUT2D eigenvalue weighted by Gasteiger charge is -2.14. The summed E-state index contributed by atoms with van der Waals surface area (Å²) in [5.41, 5.74) is 4.72. The van der Waals surface area contributed by atoms with E-state index in [0.29, 0.717) is 39.6 Å². The highest BCUT2D eigenvalue weighted by Crippen LogP contribution is 2.44. The second-order valence-corrected chi connectivity index (χ2v) is 10.3. The van der Waals surface area contributed by atoms with Gasteiger partial charge < -0.3 is 24.3 Å². The Morgan fingerprint density at radius 1 is 0.667 bits per heavy atom. The van der Waals surface area contributed by atoms with Crippen LogP contribution < -0.4 is 5.32 Å². The zero-order valence-corrected chi connectivity index (χ0v) is 22.4. The van der Waals surface area contributed by atoms with Crippen molar-refractivity contribution in [3.05, 3.63) is 90.0 Å². The fraction of sp³-hybridized carbons (Fsp3) is 0.345. The normalized spacial score (nSPS) is 12.6. The molecule has 0 unspecified atom stereocenters. The average molecular weight is 556 g/mol. The summed E-state index contributed by atoms with van der Waals surface area (Å²) in [6.07, 6.45) is -0.477. The lowest BCUT2D eigenvalue weighted by Crippen LogP contribution is -2.29. The minimum atomic E-state index is -3.77. The van der Waals surface area contributed by atoms with Gasteiger partial charge in [-0.15, -0.1) is 0 Å². The number of amides is 1. The van der Waals surface area contributed by atoms with Crippen LogP contribution in [0.1, 0.15) is 17.0 Å². The van der Waals surface area contributed by atoms with Crippen LogP contribution >= 0.6 is 0 Å². The van der Waals surface area contributed by atoms with Crippen LogP contribution in [0.2, 0.25) is 0 Å². The molecule has 0 radical (unpaired) electrons. The molecule has 0 spiro atoms. The third-order valence-corrected chi connectivity index (χ3v) is 7.43. The third kappa shape index (κ3) is 8.35. The number of nitrogens with one attached hydrogen (secondary N) is 1. The van der Waals surface area contributed by atoms with E-state index in [1.165, 1.54) is 34.4 Å². The zero-order valence-electron chi connectivity index (χ0n) is 21.6. The molecule has 0 saturated carbocycles. The number of hydrogen-bond acceptors (Lipinski definition) is 8. The average Bonchev–Trinajstić information content (AvgIpc) is 3.28. The van der Waals surface area contributed by atoms with Gasteiger partial charge in [-0.3, -0.25) is 4.18 Å². The molecule has 9 nitrogen and oxygen atoms in total. The Labute approximate surface area is 229 Å². The Bertz CT molecular complexity index is 1250. The number of ether oxygens (including phenoxy) is 4. The van der Waals surface area contributed by atoms with Crippen LogP contribution in [0.5, 0.6) is 0 Å². The summed E-state index contributed by atoms with van der Waals surface area (Å²) in [6, 6.07) is 24.4. The van der Waals surface area contributed by atoms with Gasteiger partial charge in [0.15, 0.2) is 0 Å². The number of rotatable bonds is 16. The van der Waals surface area contributed by atoms with Crippen molar-refractivity contribution in [3.63, 3.8) is 0 Å². The van der Waals surface area contributed by atoms with E-state index in [1.807, 2.05) is 24.3 Å². The Morgan fingerprint density at radius 3 is 1.79 bits per heavy atom. The summed E-state index contributed by atoms with van der Waals surface area (Å²) < 4.78 is 50.6. The Balaban J connectivity index is 0.984. The van der Waals surface area contributed by atoms with Crippen molar-refractivity contribution >= 4 is 16.2 Å². The summed E-state index contributed by atoms with van der Waals surface area (Å²) in [5.74, 6) is 0.0235. The second kappa shape index (κ2) is 14.8. The molecular weight excluding hydrogens is 522 g/mol. The van der Waals surface area contributed by atoms with Crippen molar-refractivity contribution in [2.24, 2.45) is 0 Å². The molecule has 3 aromatic rings. The molecule has 1 aliphatic carbocycles. The van der Waals surface area contributed by atoms with Crippen molar-refractivity contribution in [2.75, 3.05) is 59.4 Å². The standard InChI is InChI=1S/C29H33NO8S/c31-29(37-22-28-26-12-6-4-10-24(26)25-11-5-7-13-27(25)28)30-14-15-34-16-17-35-18-19-36-20-21-38-39(32,33)23-8-2-1-3-9-23/h1-13,28H,14-22H2,(H,30,31). The van der Waals surface area contributed by atoms with Crippen LogP contribution in [0.3, 0.4) is 0 Å².